The summed E-state index contributed by atoms with van der Waals surface area (Å²) in [6.07, 6.45) is 15.3. The molecule has 1 rings (SSSR count). The van der Waals surface area contributed by atoms with Crippen LogP contribution >= 0.6 is 0 Å². The van der Waals surface area contributed by atoms with Gasteiger partial charge in [0.1, 0.15) is 6.10 Å². The molecule has 0 aromatic carbocycles. The van der Waals surface area contributed by atoms with E-state index in [1.807, 2.05) is 0 Å². The highest BCUT2D eigenvalue weighted by atomic mass is 16.5. The summed E-state index contributed by atoms with van der Waals surface area (Å²) in [6, 6.07) is 0. The molecule has 0 aromatic heterocycles. The highest BCUT2D eigenvalue weighted by Gasteiger charge is 2.21. The fourth-order valence-corrected chi connectivity index (χ4v) is 2.90. The van der Waals surface area contributed by atoms with Crippen molar-refractivity contribution in [2.24, 2.45) is 5.92 Å². The Labute approximate surface area is 119 Å². The van der Waals surface area contributed by atoms with Gasteiger partial charge in [-0.05, 0) is 32.1 Å². The Kier molecular flexibility index (Phi) is 8.94. The number of rotatable bonds is 8. The van der Waals surface area contributed by atoms with Crippen LogP contribution in [-0.2, 0) is 9.53 Å². The highest BCUT2D eigenvalue weighted by Crippen LogP contribution is 2.27. The molecule has 0 spiro atoms. The van der Waals surface area contributed by atoms with Crippen molar-refractivity contribution in [2.75, 3.05) is 0 Å². The standard InChI is InChI=1S/C17H31O2/c1-3-4-5-6-11-14-17(18)19-15(2)16-12-9-7-8-10-13-16/h14-16H,3-13H2,1-2H3. The molecule has 1 unspecified atom stereocenters. The topological polar surface area (TPSA) is 26.3 Å². The zero-order chi connectivity index (χ0) is 13.9. The first-order valence-electron chi connectivity index (χ1n) is 8.28. The largest absolute Gasteiger partial charge is 0.462 e. The first-order chi connectivity index (χ1) is 9.24. The summed E-state index contributed by atoms with van der Waals surface area (Å²) in [6.45, 7) is 4.27. The molecule has 1 fully saturated rings. The SMILES string of the molecule is CCCCCC[CH]C(=O)OC(C)C1CCCCCC1. The van der Waals surface area contributed by atoms with Gasteiger partial charge in [0.05, 0.1) is 6.42 Å². The van der Waals surface area contributed by atoms with Gasteiger partial charge in [-0.25, -0.2) is 0 Å². The van der Waals surface area contributed by atoms with Gasteiger partial charge < -0.3 is 4.74 Å². The Morgan fingerprint density at radius 1 is 1.16 bits per heavy atom. The molecule has 1 aliphatic carbocycles. The van der Waals surface area contributed by atoms with E-state index in [9.17, 15) is 4.79 Å². The quantitative estimate of drug-likeness (QED) is 0.349. The van der Waals surface area contributed by atoms with Crippen molar-refractivity contribution in [3.05, 3.63) is 6.42 Å². The van der Waals surface area contributed by atoms with E-state index in [0.29, 0.717) is 5.92 Å². The lowest BCUT2D eigenvalue weighted by Crippen LogP contribution is -2.24. The van der Waals surface area contributed by atoms with Crippen LogP contribution in [0.3, 0.4) is 0 Å². The van der Waals surface area contributed by atoms with Gasteiger partial charge >= 0.3 is 5.97 Å². The summed E-state index contributed by atoms with van der Waals surface area (Å²) in [5.41, 5.74) is 0. The minimum absolute atomic E-state index is 0.0949. The molecule has 2 heteroatoms. The first-order valence-corrected chi connectivity index (χ1v) is 8.28. The number of hydrogen-bond acceptors (Lipinski definition) is 2. The van der Waals surface area contributed by atoms with E-state index in [0.717, 1.165) is 12.8 Å². The van der Waals surface area contributed by atoms with E-state index in [2.05, 4.69) is 13.8 Å². The Balaban J connectivity index is 2.12. The van der Waals surface area contributed by atoms with Crippen molar-refractivity contribution in [3.63, 3.8) is 0 Å². The third-order valence-electron chi connectivity index (χ3n) is 4.23. The van der Waals surface area contributed by atoms with Crippen LogP contribution in [0.1, 0.15) is 84.5 Å². The number of ether oxygens (including phenoxy) is 1. The van der Waals surface area contributed by atoms with Gasteiger partial charge in [0.25, 0.3) is 0 Å². The van der Waals surface area contributed by atoms with Crippen LogP contribution < -0.4 is 0 Å². The molecule has 1 aliphatic rings. The number of carbonyl (C=O) groups excluding carboxylic acids is 1. The molecule has 1 radical (unpaired) electrons. The van der Waals surface area contributed by atoms with Crippen molar-refractivity contribution in [1.82, 2.24) is 0 Å². The Morgan fingerprint density at radius 3 is 2.47 bits per heavy atom. The summed E-state index contributed by atoms with van der Waals surface area (Å²) in [5, 5.41) is 0. The lowest BCUT2D eigenvalue weighted by atomic mass is 9.95. The van der Waals surface area contributed by atoms with E-state index in [1.54, 1.807) is 6.42 Å². The lowest BCUT2D eigenvalue weighted by molar-refractivity contribution is -0.146. The fourth-order valence-electron chi connectivity index (χ4n) is 2.90. The van der Waals surface area contributed by atoms with Crippen molar-refractivity contribution in [1.29, 1.82) is 0 Å². The van der Waals surface area contributed by atoms with Crippen LogP contribution in [0.2, 0.25) is 0 Å². The molecular formula is C17H31O2. The summed E-state index contributed by atoms with van der Waals surface area (Å²) >= 11 is 0. The third kappa shape index (κ3) is 7.59. The summed E-state index contributed by atoms with van der Waals surface area (Å²) < 4.78 is 5.56. The zero-order valence-electron chi connectivity index (χ0n) is 12.8. The van der Waals surface area contributed by atoms with Crippen molar-refractivity contribution in [2.45, 2.75) is 90.6 Å². The van der Waals surface area contributed by atoms with Crippen LogP contribution in [-0.4, -0.2) is 12.1 Å². The molecule has 0 aliphatic heterocycles. The van der Waals surface area contributed by atoms with Gasteiger partial charge in [0.15, 0.2) is 0 Å². The maximum Gasteiger partial charge on any atom is 0.310 e. The van der Waals surface area contributed by atoms with Gasteiger partial charge in [-0.3, -0.25) is 4.79 Å². The third-order valence-corrected chi connectivity index (χ3v) is 4.23. The van der Waals surface area contributed by atoms with Crippen LogP contribution in [0, 0.1) is 12.3 Å². The van der Waals surface area contributed by atoms with Crippen LogP contribution in [0.5, 0.6) is 0 Å². The highest BCUT2D eigenvalue weighted by molar-refractivity contribution is 5.78. The van der Waals surface area contributed by atoms with Crippen LogP contribution in [0.25, 0.3) is 0 Å². The van der Waals surface area contributed by atoms with E-state index < -0.39 is 0 Å². The summed E-state index contributed by atoms with van der Waals surface area (Å²) in [5.74, 6) is 0.480. The molecule has 19 heavy (non-hydrogen) atoms. The minimum Gasteiger partial charge on any atom is -0.462 e. The molecule has 0 heterocycles. The number of unbranched alkanes of at least 4 members (excludes halogenated alkanes) is 4. The average Bonchev–Trinajstić information content (AvgIpc) is 2.67. The molecule has 0 aromatic rings. The molecule has 1 saturated carbocycles. The van der Waals surface area contributed by atoms with E-state index in [-0.39, 0.29) is 12.1 Å². The minimum atomic E-state index is -0.103. The van der Waals surface area contributed by atoms with E-state index in [4.69, 9.17) is 4.74 Å². The molecule has 0 amide bonds. The van der Waals surface area contributed by atoms with E-state index >= 15 is 0 Å². The maximum absolute atomic E-state index is 11.7. The van der Waals surface area contributed by atoms with Crippen molar-refractivity contribution < 1.29 is 9.53 Å². The lowest BCUT2D eigenvalue weighted by Gasteiger charge is -2.22. The smallest absolute Gasteiger partial charge is 0.310 e. The van der Waals surface area contributed by atoms with Gasteiger partial charge in [-0.2, -0.15) is 0 Å². The first kappa shape index (κ1) is 16.5. The number of hydrogen-bond donors (Lipinski definition) is 0. The maximum atomic E-state index is 11.7. The molecular weight excluding hydrogens is 236 g/mol. The number of esters is 1. The second kappa shape index (κ2) is 10.3. The fraction of sp³-hybridized carbons (Fsp3) is 0.882. The second-order valence-corrected chi connectivity index (χ2v) is 5.95. The Hall–Kier alpha value is -0.530. The van der Waals surface area contributed by atoms with Crippen LogP contribution in [0.15, 0.2) is 0 Å². The molecule has 0 saturated heterocycles. The summed E-state index contributed by atoms with van der Waals surface area (Å²) in [7, 11) is 0. The monoisotopic (exact) mass is 267 g/mol. The molecule has 0 N–H and O–H groups in total. The summed E-state index contributed by atoms with van der Waals surface area (Å²) in [4.78, 5) is 11.7. The predicted octanol–water partition coefficient (Wildman–Crippen LogP) is 5.06. The Bertz CT molecular complexity index is 229. The normalized spacial score (nSPS) is 18.8. The van der Waals surface area contributed by atoms with Crippen LogP contribution in [0.4, 0.5) is 0 Å². The molecule has 0 bridgehead atoms. The van der Waals surface area contributed by atoms with Gasteiger partial charge in [0.2, 0.25) is 0 Å². The van der Waals surface area contributed by atoms with Gasteiger partial charge in [-0.15, -0.1) is 0 Å². The Morgan fingerprint density at radius 2 is 1.84 bits per heavy atom. The zero-order valence-corrected chi connectivity index (χ0v) is 12.8. The molecule has 1 atom stereocenters. The second-order valence-electron chi connectivity index (χ2n) is 5.95. The number of carbonyl (C=O) groups is 1. The van der Waals surface area contributed by atoms with Crippen molar-refractivity contribution in [3.8, 4) is 0 Å². The van der Waals surface area contributed by atoms with E-state index in [1.165, 1.54) is 57.8 Å². The molecule has 2 nitrogen and oxygen atoms in total. The molecule has 111 valence electrons. The average molecular weight is 267 g/mol. The van der Waals surface area contributed by atoms with Gasteiger partial charge in [-0.1, -0.05) is 58.3 Å². The predicted molar refractivity (Wildman–Crippen MR) is 79.8 cm³/mol. The van der Waals surface area contributed by atoms with Crippen molar-refractivity contribution >= 4 is 5.97 Å². The van der Waals surface area contributed by atoms with Gasteiger partial charge in [0, 0.05) is 0 Å².